The minimum atomic E-state index is -0.427. The summed E-state index contributed by atoms with van der Waals surface area (Å²) in [5, 5.41) is 6.78. The largest absolute Gasteiger partial charge is 0.444 e. The second-order valence-corrected chi connectivity index (χ2v) is 7.80. The van der Waals surface area contributed by atoms with Gasteiger partial charge in [0.25, 0.3) is 0 Å². The Bertz CT molecular complexity index is 496. The fraction of sp³-hybridized carbons (Fsp3) is 0.750. The van der Waals surface area contributed by atoms with Crippen molar-refractivity contribution in [3.8, 4) is 0 Å². The van der Waals surface area contributed by atoms with Crippen LogP contribution in [0.3, 0.4) is 0 Å². The first-order valence-corrected chi connectivity index (χ1v) is 8.84. The molecule has 1 amide bonds. The SMILES string of the molecule is Cc1csc(CNC2CCCN(C(=O)OC(C)(C)C)CC2)n1. The van der Waals surface area contributed by atoms with E-state index in [0.717, 1.165) is 49.6 Å². The molecule has 0 aliphatic carbocycles. The fourth-order valence-electron chi connectivity index (χ4n) is 2.53. The molecule has 1 saturated heterocycles. The van der Waals surface area contributed by atoms with Crippen molar-refractivity contribution in [3.05, 3.63) is 16.1 Å². The molecule has 1 N–H and O–H groups in total. The number of nitrogens with zero attached hydrogens (tertiary/aromatic N) is 2. The van der Waals surface area contributed by atoms with Gasteiger partial charge in [0.15, 0.2) is 0 Å². The van der Waals surface area contributed by atoms with E-state index in [0.29, 0.717) is 6.04 Å². The van der Waals surface area contributed by atoms with Gasteiger partial charge in [0, 0.05) is 36.8 Å². The number of nitrogens with one attached hydrogen (secondary N) is 1. The maximum atomic E-state index is 12.1. The molecule has 1 atom stereocenters. The molecule has 0 spiro atoms. The number of carbonyl (C=O) groups is 1. The summed E-state index contributed by atoms with van der Waals surface area (Å²) in [5.41, 5.74) is 0.655. The summed E-state index contributed by atoms with van der Waals surface area (Å²) >= 11 is 1.70. The smallest absolute Gasteiger partial charge is 0.410 e. The summed E-state index contributed by atoms with van der Waals surface area (Å²) in [7, 11) is 0. The third-order valence-electron chi connectivity index (χ3n) is 3.59. The van der Waals surface area contributed by atoms with Crippen LogP contribution >= 0.6 is 11.3 Å². The lowest BCUT2D eigenvalue weighted by atomic mass is 10.1. The van der Waals surface area contributed by atoms with Gasteiger partial charge < -0.3 is 15.0 Å². The molecule has 2 heterocycles. The van der Waals surface area contributed by atoms with Gasteiger partial charge in [0.1, 0.15) is 10.6 Å². The Kier molecular flexibility index (Phi) is 5.81. The Balaban J connectivity index is 1.78. The molecule has 6 heteroatoms. The zero-order valence-corrected chi connectivity index (χ0v) is 14.8. The van der Waals surface area contributed by atoms with Crippen LogP contribution in [-0.4, -0.2) is 40.7 Å². The number of hydrogen-bond acceptors (Lipinski definition) is 5. The van der Waals surface area contributed by atoms with Crippen molar-refractivity contribution in [1.82, 2.24) is 15.2 Å². The molecule has 2 rings (SSSR count). The topological polar surface area (TPSA) is 54.5 Å². The number of rotatable bonds is 3. The van der Waals surface area contributed by atoms with Gasteiger partial charge in [-0.1, -0.05) is 0 Å². The van der Waals surface area contributed by atoms with E-state index < -0.39 is 5.60 Å². The quantitative estimate of drug-likeness (QED) is 0.926. The number of aromatic nitrogens is 1. The summed E-state index contributed by atoms with van der Waals surface area (Å²) in [5.74, 6) is 0. The van der Waals surface area contributed by atoms with Crippen molar-refractivity contribution < 1.29 is 9.53 Å². The summed E-state index contributed by atoms with van der Waals surface area (Å²) in [4.78, 5) is 18.4. The Morgan fingerprint density at radius 1 is 1.45 bits per heavy atom. The number of ether oxygens (including phenoxy) is 1. The molecule has 1 aliphatic heterocycles. The average Bonchev–Trinajstić information content (AvgIpc) is 2.69. The van der Waals surface area contributed by atoms with Crippen molar-refractivity contribution in [2.45, 2.75) is 65.1 Å². The van der Waals surface area contributed by atoms with Gasteiger partial charge in [-0.2, -0.15) is 0 Å². The van der Waals surface area contributed by atoms with E-state index in [1.54, 1.807) is 11.3 Å². The lowest BCUT2D eigenvalue weighted by Crippen LogP contribution is -2.38. The van der Waals surface area contributed by atoms with E-state index in [4.69, 9.17) is 4.74 Å². The molecule has 1 aliphatic rings. The zero-order chi connectivity index (χ0) is 16.2. The van der Waals surface area contributed by atoms with Crippen LogP contribution < -0.4 is 5.32 Å². The summed E-state index contributed by atoms with van der Waals surface area (Å²) in [6.45, 7) is 10.1. The van der Waals surface area contributed by atoms with Crippen LogP contribution in [-0.2, 0) is 11.3 Å². The Labute approximate surface area is 137 Å². The molecule has 1 aromatic heterocycles. The molecule has 0 radical (unpaired) electrons. The standard InChI is InChI=1S/C16H27N3O2S/c1-12-11-22-14(18-12)10-17-13-6-5-8-19(9-7-13)15(20)21-16(2,3)4/h11,13,17H,5-10H2,1-4H3. The highest BCUT2D eigenvalue weighted by molar-refractivity contribution is 7.09. The second kappa shape index (κ2) is 7.42. The monoisotopic (exact) mass is 325 g/mol. The van der Waals surface area contributed by atoms with Crippen LogP contribution in [0.2, 0.25) is 0 Å². The molecule has 1 aromatic rings. The molecule has 22 heavy (non-hydrogen) atoms. The minimum absolute atomic E-state index is 0.191. The number of likely N-dealkylation sites (tertiary alicyclic amines) is 1. The minimum Gasteiger partial charge on any atom is -0.444 e. The zero-order valence-electron chi connectivity index (χ0n) is 14.0. The number of hydrogen-bond donors (Lipinski definition) is 1. The molecule has 5 nitrogen and oxygen atoms in total. The molecule has 1 unspecified atom stereocenters. The van der Waals surface area contributed by atoms with Crippen LogP contribution in [0.1, 0.15) is 50.7 Å². The highest BCUT2D eigenvalue weighted by Crippen LogP contribution is 2.16. The maximum Gasteiger partial charge on any atom is 0.410 e. The van der Waals surface area contributed by atoms with E-state index in [2.05, 4.69) is 15.7 Å². The third-order valence-corrected chi connectivity index (χ3v) is 4.55. The molecular formula is C16H27N3O2S. The highest BCUT2D eigenvalue weighted by Gasteiger charge is 2.25. The summed E-state index contributed by atoms with van der Waals surface area (Å²) in [6, 6.07) is 0.441. The average molecular weight is 325 g/mol. The maximum absolute atomic E-state index is 12.1. The van der Waals surface area contributed by atoms with E-state index in [1.165, 1.54) is 0 Å². The van der Waals surface area contributed by atoms with E-state index in [1.807, 2.05) is 32.6 Å². The Hall–Kier alpha value is -1.14. The van der Waals surface area contributed by atoms with E-state index >= 15 is 0 Å². The first-order chi connectivity index (χ1) is 10.3. The first kappa shape index (κ1) is 17.2. The predicted molar refractivity (Wildman–Crippen MR) is 89.1 cm³/mol. The molecule has 0 saturated carbocycles. The summed E-state index contributed by atoms with van der Waals surface area (Å²) in [6.07, 6.45) is 2.87. The molecule has 0 bridgehead atoms. The van der Waals surface area contributed by atoms with Crippen molar-refractivity contribution in [2.24, 2.45) is 0 Å². The number of carbonyl (C=O) groups excluding carboxylic acids is 1. The van der Waals surface area contributed by atoms with Gasteiger partial charge in [0.2, 0.25) is 0 Å². The van der Waals surface area contributed by atoms with Crippen LogP contribution in [0.5, 0.6) is 0 Å². The molecule has 0 aromatic carbocycles. The van der Waals surface area contributed by atoms with Crippen LogP contribution in [0, 0.1) is 6.92 Å². The normalized spacial score (nSPS) is 19.8. The van der Waals surface area contributed by atoms with Crippen LogP contribution in [0.4, 0.5) is 4.79 Å². The van der Waals surface area contributed by atoms with Gasteiger partial charge in [-0.05, 0) is 47.0 Å². The van der Waals surface area contributed by atoms with Gasteiger partial charge >= 0.3 is 6.09 Å². The van der Waals surface area contributed by atoms with Gasteiger partial charge in [0.05, 0.1) is 0 Å². The second-order valence-electron chi connectivity index (χ2n) is 6.86. The third kappa shape index (κ3) is 5.57. The predicted octanol–water partition coefficient (Wildman–Crippen LogP) is 3.33. The first-order valence-electron chi connectivity index (χ1n) is 7.96. The van der Waals surface area contributed by atoms with Crippen molar-refractivity contribution in [3.63, 3.8) is 0 Å². The lowest BCUT2D eigenvalue weighted by molar-refractivity contribution is 0.0256. The van der Waals surface area contributed by atoms with Crippen molar-refractivity contribution in [1.29, 1.82) is 0 Å². The molecule has 1 fully saturated rings. The van der Waals surface area contributed by atoms with Crippen molar-refractivity contribution >= 4 is 17.4 Å². The number of aryl methyl sites for hydroxylation is 1. The van der Waals surface area contributed by atoms with Crippen LogP contribution in [0.15, 0.2) is 5.38 Å². The fourth-order valence-corrected chi connectivity index (χ4v) is 3.25. The van der Waals surface area contributed by atoms with Crippen molar-refractivity contribution in [2.75, 3.05) is 13.1 Å². The molecule has 124 valence electrons. The lowest BCUT2D eigenvalue weighted by Gasteiger charge is -2.26. The summed E-state index contributed by atoms with van der Waals surface area (Å²) < 4.78 is 5.46. The van der Waals surface area contributed by atoms with Gasteiger partial charge in [-0.3, -0.25) is 0 Å². The number of thiazole rings is 1. The van der Waals surface area contributed by atoms with Gasteiger partial charge in [-0.25, -0.2) is 9.78 Å². The highest BCUT2D eigenvalue weighted by atomic mass is 32.1. The Morgan fingerprint density at radius 3 is 2.86 bits per heavy atom. The van der Waals surface area contributed by atoms with Gasteiger partial charge in [-0.15, -0.1) is 11.3 Å². The van der Waals surface area contributed by atoms with E-state index in [-0.39, 0.29) is 6.09 Å². The number of amides is 1. The Morgan fingerprint density at radius 2 is 2.23 bits per heavy atom. The van der Waals surface area contributed by atoms with E-state index in [9.17, 15) is 4.79 Å². The van der Waals surface area contributed by atoms with Crippen LogP contribution in [0.25, 0.3) is 0 Å². The molecular weight excluding hydrogens is 298 g/mol.